The second-order valence-electron chi connectivity index (χ2n) is 8.02. The zero-order chi connectivity index (χ0) is 20.1. The molecule has 1 aromatic carbocycles. The maximum atomic E-state index is 13.9. The maximum absolute atomic E-state index is 13.9. The summed E-state index contributed by atoms with van der Waals surface area (Å²) in [5.41, 5.74) is 3.18. The van der Waals surface area contributed by atoms with E-state index in [0.29, 0.717) is 13.0 Å². The van der Waals surface area contributed by atoms with Crippen LogP contribution in [0.1, 0.15) is 44.2 Å². The van der Waals surface area contributed by atoms with Crippen LogP contribution in [0.15, 0.2) is 18.2 Å². The van der Waals surface area contributed by atoms with E-state index >= 15 is 0 Å². The van der Waals surface area contributed by atoms with Crippen molar-refractivity contribution < 1.29 is 27.9 Å². The van der Waals surface area contributed by atoms with Crippen LogP contribution in [-0.4, -0.2) is 47.3 Å². The highest BCUT2D eigenvalue weighted by atomic mass is 19.1. The molecule has 1 aromatic rings. The van der Waals surface area contributed by atoms with Crippen molar-refractivity contribution in [3.63, 3.8) is 0 Å². The Kier molecular flexibility index (Phi) is 4.64. The van der Waals surface area contributed by atoms with Crippen molar-refractivity contribution in [2.45, 2.75) is 55.8 Å². The summed E-state index contributed by atoms with van der Waals surface area (Å²) in [5, 5.41) is 4.35. The zero-order valence-corrected chi connectivity index (χ0v) is 15.5. The van der Waals surface area contributed by atoms with Gasteiger partial charge in [-0.25, -0.2) is 8.78 Å². The minimum absolute atomic E-state index is 0.0503. The first-order valence-corrected chi connectivity index (χ1v) is 9.37. The topological polar surface area (TPSA) is 93.9 Å². The van der Waals surface area contributed by atoms with Crippen LogP contribution in [0.25, 0.3) is 0 Å². The largest absolute Gasteiger partial charge is 0.379 e. The molecule has 1 aliphatic carbocycles. The molecular weight excluding hydrogens is 372 g/mol. The maximum Gasteiger partial charge on any atom is 0.251 e. The Morgan fingerprint density at radius 3 is 2.46 bits per heavy atom. The van der Waals surface area contributed by atoms with Gasteiger partial charge in [0.05, 0.1) is 12.6 Å². The predicted molar refractivity (Wildman–Crippen MR) is 93.6 cm³/mol. The van der Waals surface area contributed by atoms with Gasteiger partial charge in [-0.3, -0.25) is 14.4 Å². The molecule has 3 aliphatic rings. The molecule has 2 amide bonds. The molecule has 152 valence electrons. The van der Waals surface area contributed by atoms with Gasteiger partial charge in [-0.05, 0) is 37.5 Å². The van der Waals surface area contributed by atoms with Crippen molar-refractivity contribution in [2.75, 3.05) is 13.2 Å². The fraction of sp³-hybridized carbons (Fsp3) is 0.579. The van der Waals surface area contributed by atoms with Crippen LogP contribution in [0.5, 0.6) is 0 Å². The number of hydrogen-bond acceptors (Lipinski definition) is 5. The third-order valence-corrected chi connectivity index (χ3v) is 5.71. The van der Waals surface area contributed by atoms with E-state index in [1.54, 1.807) is 0 Å². The van der Waals surface area contributed by atoms with Gasteiger partial charge in [0.25, 0.3) is 5.91 Å². The fourth-order valence-electron chi connectivity index (χ4n) is 3.88. The quantitative estimate of drug-likeness (QED) is 0.785. The number of ether oxygens (including phenoxy) is 1. The van der Waals surface area contributed by atoms with E-state index in [4.69, 9.17) is 15.3 Å². The monoisotopic (exact) mass is 395 g/mol. The Hall–Kier alpha value is -2.10. The number of carbonyl (C=O) groups excluding carboxylic acids is 2. The third-order valence-electron chi connectivity index (χ3n) is 5.71. The van der Waals surface area contributed by atoms with Gasteiger partial charge < -0.3 is 15.8 Å². The second kappa shape index (κ2) is 6.75. The highest BCUT2D eigenvalue weighted by Crippen LogP contribution is 2.47. The molecule has 4 rings (SSSR count). The number of nitrogens with one attached hydrogen (secondary N) is 1. The lowest BCUT2D eigenvalue weighted by atomic mass is 9.89. The normalized spacial score (nSPS) is 33.2. The molecule has 0 radical (unpaired) electrons. The van der Waals surface area contributed by atoms with Gasteiger partial charge in [0.2, 0.25) is 5.91 Å². The van der Waals surface area contributed by atoms with Gasteiger partial charge in [0.1, 0.15) is 11.6 Å². The zero-order valence-electron chi connectivity index (χ0n) is 15.5. The van der Waals surface area contributed by atoms with E-state index in [2.05, 4.69) is 5.32 Å². The third kappa shape index (κ3) is 3.27. The van der Waals surface area contributed by atoms with Crippen molar-refractivity contribution >= 4 is 11.8 Å². The second-order valence-corrected chi connectivity index (χ2v) is 8.02. The Balaban J connectivity index is 1.75. The average Bonchev–Trinajstić information content (AvgIpc) is 3.16. The Bertz CT molecular complexity index is 790. The molecule has 3 N–H and O–H groups in total. The van der Waals surface area contributed by atoms with Gasteiger partial charge in [0.15, 0.2) is 11.1 Å². The molecule has 2 saturated heterocycles. The molecule has 3 atom stereocenters. The van der Waals surface area contributed by atoms with E-state index in [-0.39, 0.29) is 30.5 Å². The Morgan fingerprint density at radius 2 is 1.93 bits per heavy atom. The van der Waals surface area contributed by atoms with Crippen molar-refractivity contribution in [1.29, 1.82) is 0 Å². The van der Waals surface area contributed by atoms with Crippen LogP contribution in [0.4, 0.5) is 8.78 Å². The Labute approximate surface area is 161 Å². The molecule has 28 heavy (non-hydrogen) atoms. The van der Waals surface area contributed by atoms with E-state index in [0.717, 1.165) is 18.9 Å². The summed E-state index contributed by atoms with van der Waals surface area (Å²) in [7, 11) is 0. The summed E-state index contributed by atoms with van der Waals surface area (Å²) in [4.78, 5) is 31.1. The van der Waals surface area contributed by atoms with E-state index in [1.807, 2.05) is 0 Å². The smallest absolute Gasteiger partial charge is 0.251 e. The number of rotatable bonds is 5. The van der Waals surface area contributed by atoms with Crippen molar-refractivity contribution in [3.8, 4) is 0 Å². The highest BCUT2D eigenvalue weighted by Gasteiger charge is 2.59. The number of carbonyl (C=O) groups is 2. The number of benzene rings is 1. The first kappa shape index (κ1) is 19.2. The molecular formula is C19H23F2N3O4. The SMILES string of the molecule is CC1(C(N)=O)CC(c2cc(F)cc(F)c2)N(C2(C(=O)NC3CC3)CCOC2)O1. The van der Waals surface area contributed by atoms with Crippen LogP contribution in [0.2, 0.25) is 0 Å². The molecule has 1 saturated carbocycles. The van der Waals surface area contributed by atoms with E-state index < -0.39 is 34.7 Å². The first-order valence-electron chi connectivity index (χ1n) is 9.37. The van der Waals surface area contributed by atoms with E-state index in [9.17, 15) is 18.4 Å². The number of amides is 2. The number of hydrogen-bond donors (Lipinski definition) is 2. The number of primary amides is 1. The summed E-state index contributed by atoms with van der Waals surface area (Å²) < 4.78 is 33.3. The predicted octanol–water partition coefficient (Wildman–Crippen LogP) is 1.32. The highest BCUT2D eigenvalue weighted by molar-refractivity contribution is 5.88. The minimum atomic E-state index is -1.41. The lowest BCUT2D eigenvalue weighted by molar-refractivity contribution is -0.245. The molecule has 7 nitrogen and oxygen atoms in total. The van der Waals surface area contributed by atoms with Crippen LogP contribution < -0.4 is 11.1 Å². The molecule has 3 fully saturated rings. The number of nitrogens with two attached hydrogens (primary N) is 1. The molecule has 3 unspecified atom stereocenters. The van der Waals surface area contributed by atoms with E-state index in [1.165, 1.54) is 24.1 Å². The van der Waals surface area contributed by atoms with Gasteiger partial charge in [-0.1, -0.05) is 0 Å². The van der Waals surface area contributed by atoms with Crippen LogP contribution in [0, 0.1) is 11.6 Å². The standard InChI is InChI=1S/C19H23F2N3O4/c1-18(16(22)25)9-15(11-6-12(20)8-13(21)7-11)24(28-18)19(4-5-27-10-19)17(26)23-14-2-3-14/h6-8,14-15H,2-5,9-10H2,1H3,(H2,22,25)(H,23,26). The van der Waals surface area contributed by atoms with Gasteiger partial charge in [-0.2, -0.15) is 5.06 Å². The van der Waals surface area contributed by atoms with Crippen molar-refractivity contribution in [1.82, 2.24) is 10.4 Å². The Morgan fingerprint density at radius 1 is 1.25 bits per heavy atom. The van der Waals surface area contributed by atoms with Crippen molar-refractivity contribution in [2.24, 2.45) is 5.73 Å². The number of hydroxylamine groups is 2. The lowest BCUT2D eigenvalue weighted by Crippen LogP contribution is -2.60. The lowest BCUT2D eigenvalue weighted by Gasteiger charge is -2.38. The summed E-state index contributed by atoms with van der Waals surface area (Å²) in [6, 6.07) is 2.50. The minimum Gasteiger partial charge on any atom is -0.379 e. The van der Waals surface area contributed by atoms with Crippen LogP contribution >= 0.6 is 0 Å². The average molecular weight is 395 g/mol. The summed E-state index contributed by atoms with van der Waals surface area (Å²) in [5.74, 6) is -2.49. The molecule has 2 aliphatic heterocycles. The molecule has 9 heteroatoms. The molecule has 0 spiro atoms. The summed E-state index contributed by atoms with van der Waals surface area (Å²) >= 11 is 0. The molecule has 0 aromatic heterocycles. The van der Waals surface area contributed by atoms with Gasteiger partial charge >= 0.3 is 0 Å². The van der Waals surface area contributed by atoms with Gasteiger partial charge in [0, 0.05) is 31.6 Å². The first-order chi connectivity index (χ1) is 13.2. The van der Waals surface area contributed by atoms with Crippen molar-refractivity contribution in [3.05, 3.63) is 35.4 Å². The molecule has 2 heterocycles. The summed E-state index contributed by atoms with van der Waals surface area (Å²) in [6.45, 7) is 1.89. The number of nitrogens with zero attached hydrogens (tertiary/aromatic N) is 1. The van der Waals surface area contributed by atoms with Crippen LogP contribution in [-0.2, 0) is 19.2 Å². The molecule has 0 bridgehead atoms. The summed E-state index contributed by atoms with van der Waals surface area (Å²) in [6.07, 6.45) is 2.19. The van der Waals surface area contributed by atoms with Crippen LogP contribution in [0.3, 0.4) is 0 Å². The van der Waals surface area contributed by atoms with Gasteiger partial charge in [-0.15, -0.1) is 0 Å². The number of halogens is 2. The fourth-order valence-corrected chi connectivity index (χ4v) is 3.88.